The van der Waals surface area contributed by atoms with Gasteiger partial charge in [0.1, 0.15) is 5.84 Å². The van der Waals surface area contributed by atoms with Crippen molar-refractivity contribution in [3.8, 4) is 0 Å². The quantitative estimate of drug-likeness (QED) is 0.252. The van der Waals surface area contributed by atoms with E-state index in [1.54, 1.807) is 25.2 Å². The first-order valence-electron chi connectivity index (χ1n) is 16.4. The van der Waals surface area contributed by atoms with Crippen LogP contribution in [0.2, 0.25) is 5.02 Å². The molecule has 2 aliphatic heterocycles. The largest absolute Gasteiger partial charge is 0.382 e. The number of hydrogen-bond acceptors (Lipinski definition) is 6. The van der Waals surface area contributed by atoms with Crippen molar-refractivity contribution < 1.29 is 19.2 Å². The van der Waals surface area contributed by atoms with Crippen molar-refractivity contribution in [2.45, 2.75) is 69.7 Å². The molecule has 47 heavy (non-hydrogen) atoms. The van der Waals surface area contributed by atoms with Crippen LogP contribution in [0.25, 0.3) is 0 Å². The van der Waals surface area contributed by atoms with Gasteiger partial charge in [-0.25, -0.2) is 0 Å². The number of halogens is 1. The lowest BCUT2D eigenvalue weighted by molar-refractivity contribution is -0.137. The number of rotatable bonds is 8. The molecule has 3 aromatic carbocycles. The van der Waals surface area contributed by atoms with Crippen LogP contribution in [0.4, 0.5) is 17.1 Å². The van der Waals surface area contributed by atoms with Crippen molar-refractivity contribution in [1.82, 2.24) is 4.90 Å². The van der Waals surface area contributed by atoms with E-state index in [0.717, 1.165) is 80.8 Å². The Morgan fingerprint density at radius 3 is 2.26 bits per heavy atom. The molecule has 8 nitrogen and oxygen atoms in total. The average molecular weight is 653 g/mol. The Morgan fingerprint density at radius 1 is 0.872 bits per heavy atom. The van der Waals surface area contributed by atoms with Crippen molar-refractivity contribution in [2.75, 3.05) is 30.4 Å². The molecule has 3 aromatic rings. The van der Waals surface area contributed by atoms with Crippen LogP contribution in [0.15, 0.2) is 59.6 Å². The molecule has 2 heterocycles. The van der Waals surface area contributed by atoms with Crippen LogP contribution in [0, 0.1) is 5.92 Å². The number of benzene rings is 3. The van der Waals surface area contributed by atoms with Crippen LogP contribution in [-0.2, 0) is 10.2 Å². The molecule has 1 saturated carbocycles. The number of likely N-dealkylation sites (tertiary alicyclic amines) is 1. The molecular weight excluding hydrogens is 612 g/mol. The second-order valence-electron chi connectivity index (χ2n) is 13.4. The third-order valence-electron chi connectivity index (χ3n) is 10.4. The van der Waals surface area contributed by atoms with Gasteiger partial charge < -0.3 is 10.2 Å². The first-order chi connectivity index (χ1) is 22.7. The number of anilines is 3. The third-order valence-corrected chi connectivity index (χ3v) is 10.7. The van der Waals surface area contributed by atoms with Gasteiger partial charge in [-0.15, -0.1) is 0 Å². The lowest BCUT2D eigenvalue weighted by Crippen LogP contribution is -2.43. The molecule has 0 spiro atoms. The first-order valence-corrected chi connectivity index (χ1v) is 16.8. The van der Waals surface area contributed by atoms with Crippen LogP contribution >= 0.6 is 11.6 Å². The Labute approximate surface area is 281 Å². The zero-order chi connectivity index (χ0) is 33.3. The number of aldehydes is 3. The van der Waals surface area contributed by atoms with E-state index in [9.17, 15) is 19.2 Å². The first kappa shape index (κ1) is 32.6. The van der Waals surface area contributed by atoms with Crippen molar-refractivity contribution in [1.29, 1.82) is 0 Å². The number of amidine groups is 1. The standard InChI is InChI=1S/C38H41ClN4O4/c1-38(2)32-20-26(10-14-35(32)43(37(38)40-3)34-6-4-5-33(39)31(34)23-46)24-15-17-42(18-16-24)36(47)25-7-11-29(12-8-25)41-30-13-9-27(21-44)28(19-30)22-45/h4-6,9-10,13-14,19-25,29,41H,7-8,11-12,15-18H2,1-3H3. The smallest absolute Gasteiger partial charge is 0.225 e. The monoisotopic (exact) mass is 652 g/mol. The van der Waals surface area contributed by atoms with Crippen molar-refractivity contribution in [3.05, 3.63) is 87.4 Å². The molecule has 3 aliphatic rings. The highest BCUT2D eigenvalue weighted by atomic mass is 35.5. The van der Waals surface area contributed by atoms with E-state index in [-0.39, 0.29) is 23.3 Å². The Kier molecular flexibility index (Phi) is 9.33. The molecule has 0 unspecified atom stereocenters. The van der Waals surface area contributed by atoms with Crippen molar-refractivity contribution in [3.63, 3.8) is 0 Å². The number of piperidine rings is 1. The van der Waals surface area contributed by atoms with Gasteiger partial charge in [0, 0.05) is 54.3 Å². The fourth-order valence-electron chi connectivity index (χ4n) is 7.76. The summed E-state index contributed by atoms with van der Waals surface area (Å²) < 4.78 is 0. The minimum Gasteiger partial charge on any atom is -0.382 e. The highest BCUT2D eigenvalue weighted by Gasteiger charge is 2.43. The van der Waals surface area contributed by atoms with Gasteiger partial charge in [0.05, 0.1) is 22.0 Å². The number of hydrogen-bond donors (Lipinski definition) is 1. The summed E-state index contributed by atoms with van der Waals surface area (Å²) in [7, 11) is 1.79. The van der Waals surface area contributed by atoms with E-state index >= 15 is 0 Å². The maximum absolute atomic E-state index is 13.6. The van der Waals surface area contributed by atoms with E-state index in [1.807, 2.05) is 18.2 Å². The predicted octanol–water partition coefficient (Wildman–Crippen LogP) is 7.61. The van der Waals surface area contributed by atoms with Gasteiger partial charge in [0.15, 0.2) is 18.9 Å². The summed E-state index contributed by atoms with van der Waals surface area (Å²) in [4.78, 5) is 56.9. The Balaban J connectivity index is 1.09. The molecule has 0 radical (unpaired) electrons. The molecule has 2 fully saturated rings. The minimum atomic E-state index is -0.372. The summed E-state index contributed by atoms with van der Waals surface area (Å²) in [5.41, 5.74) is 5.84. The lowest BCUT2D eigenvalue weighted by atomic mass is 9.81. The Morgan fingerprint density at radius 2 is 1.60 bits per heavy atom. The second kappa shape index (κ2) is 13.4. The fourth-order valence-corrected chi connectivity index (χ4v) is 7.98. The highest BCUT2D eigenvalue weighted by Crippen LogP contribution is 2.48. The number of amides is 1. The molecule has 1 saturated heterocycles. The summed E-state index contributed by atoms with van der Waals surface area (Å²) in [5.74, 6) is 1.52. The average Bonchev–Trinajstić information content (AvgIpc) is 3.33. The number of carbonyl (C=O) groups is 4. The molecule has 0 atom stereocenters. The van der Waals surface area contributed by atoms with E-state index in [4.69, 9.17) is 11.6 Å². The van der Waals surface area contributed by atoms with Crippen LogP contribution in [0.3, 0.4) is 0 Å². The topological polar surface area (TPSA) is 99.2 Å². The molecule has 0 aromatic heterocycles. The molecule has 244 valence electrons. The van der Waals surface area contributed by atoms with Gasteiger partial charge in [-0.1, -0.05) is 29.8 Å². The molecule has 1 N–H and O–H groups in total. The van der Waals surface area contributed by atoms with E-state index in [1.165, 1.54) is 11.1 Å². The number of nitrogens with zero attached hydrogens (tertiary/aromatic N) is 3. The number of nitrogens with one attached hydrogen (secondary N) is 1. The van der Waals surface area contributed by atoms with Gasteiger partial charge >= 0.3 is 0 Å². The molecule has 1 amide bonds. The Bertz CT molecular complexity index is 1740. The second-order valence-corrected chi connectivity index (χ2v) is 13.9. The minimum absolute atomic E-state index is 0.0360. The molecule has 0 bridgehead atoms. The summed E-state index contributed by atoms with van der Waals surface area (Å²) in [5, 5.41) is 3.90. The highest BCUT2D eigenvalue weighted by molar-refractivity contribution is 6.34. The number of aliphatic imine (C=N–C) groups is 1. The predicted molar refractivity (Wildman–Crippen MR) is 187 cm³/mol. The van der Waals surface area contributed by atoms with Gasteiger partial charge in [-0.3, -0.25) is 29.1 Å². The summed E-state index contributed by atoms with van der Waals surface area (Å²) in [6, 6.07) is 17.6. The Hall–Kier alpha value is -4.30. The zero-order valence-electron chi connectivity index (χ0n) is 27.2. The van der Waals surface area contributed by atoms with E-state index < -0.39 is 0 Å². The summed E-state index contributed by atoms with van der Waals surface area (Å²) in [6.07, 6.45) is 7.47. The van der Waals surface area contributed by atoms with Crippen molar-refractivity contribution >= 4 is 59.3 Å². The van der Waals surface area contributed by atoms with Gasteiger partial charge in [-0.2, -0.15) is 0 Å². The lowest BCUT2D eigenvalue weighted by Gasteiger charge is -2.37. The van der Waals surface area contributed by atoms with E-state index in [0.29, 0.717) is 40.2 Å². The SMILES string of the molecule is CN=C1N(c2cccc(Cl)c2C=O)c2ccc(C3CCN(C(=O)C4CCC(Nc5ccc(C=O)c(C=O)c5)CC4)CC3)cc2C1(C)C. The summed E-state index contributed by atoms with van der Waals surface area (Å²) in [6.45, 7) is 5.83. The maximum Gasteiger partial charge on any atom is 0.225 e. The van der Waals surface area contributed by atoms with Crippen LogP contribution < -0.4 is 10.2 Å². The summed E-state index contributed by atoms with van der Waals surface area (Å²) >= 11 is 6.41. The zero-order valence-corrected chi connectivity index (χ0v) is 27.9. The molecule has 6 rings (SSSR count). The van der Waals surface area contributed by atoms with Crippen LogP contribution in [-0.4, -0.2) is 61.7 Å². The maximum atomic E-state index is 13.6. The molecule has 9 heteroatoms. The van der Waals surface area contributed by atoms with Crippen LogP contribution in [0.1, 0.15) is 100 Å². The number of carbonyl (C=O) groups excluding carboxylic acids is 4. The molecular formula is C38H41ClN4O4. The van der Waals surface area contributed by atoms with Gasteiger partial charge in [0.25, 0.3) is 0 Å². The number of fused-ring (bicyclic) bond motifs is 1. The van der Waals surface area contributed by atoms with Gasteiger partial charge in [0.2, 0.25) is 5.91 Å². The van der Waals surface area contributed by atoms with Crippen LogP contribution in [0.5, 0.6) is 0 Å². The fraction of sp³-hybridized carbons (Fsp3) is 0.395. The molecule has 1 aliphatic carbocycles. The van der Waals surface area contributed by atoms with Crippen molar-refractivity contribution in [2.24, 2.45) is 10.9 Å². The normalized spacial score (nSPS) is 21.7. The van der Waals surface area contributed by atoms with E-state index in [2.05, 4.69) is 52.2 Å². The van der Waals surface area contributed by atoms with Gasteiger partial charge in [-0.05, 0) is 106 Å². The third kappa shape index (κ3) is 6.11.